The van der Waals surface area contributed by atoms with E-state index in [4.69, 9.17) is 0 Å². The summed E-state index contributed by atoms with van der Waals surface area (Å²) in [5.41, 5.74) is 11.9. The highest BCUT2D eigenvalue weighted by Gasteiger charge is 2.46. The van der Waals surface area contributed by atoms with Gasteiger partial charge in [0.2, 0.25) is 0 Å². The smallest absolute Gasteiger partial charge is 0.0714 e. The molecule has 0 aromatic heterocycles. The molecule has 0 heterocycles. The highest BCUT2D eigenvalue weighted by molar-refractivity contribution is 5.96. The standard InChI is InChI=1S/C41H29N/c1-3-16-32(17-4-1)41(33-18-5-2-6-19-33)36-22-11-9-21-35(36)40-37(41)23-13-25-39(40)42-38-24-12-10-20-34(38)31-27-26-29-14-7-8-15-30(29)28-31/h1-28,42H. The largest absolute Gasteiger partial charge is 0.355 e. The van der Waals surface area contributed by atoms with Crippen LogP contribution >= 0.6 is 0 Å². The Morgan fingerprint density at radius 2 is 0.952 bits per heavy atom. The third-order valence-electron chi connectivity index (χ3n) is 8.74. The van der Waals surface area contributed by atoms with Crippen LogP contribution in [0.25, 0.3) is 33.0 Å². The molecule has 1 aliphatic carbocycles. The van der Waals surface area contributed by atoms with Gasteiger partial charge in [-0.05, 0) is 62.4 Å². The molecule has 0 spiro atoms. The average molecular weight is 536 g/mol. The van der Waals surface area contributed by atoms with E-state index in [1.54, 1.807) is 0 Å². The van der Waals surface area contributed by atoms with Crippen LogP contribution in [-0.2, 0) is 5.41 Å². The minimum atomic E-state index is -0.413. The first kappa shape index (κ1) is 24.4. The summed E-state index contributed by atoms with van der Waals surface area (Å²) in [6.45, 7) is 0. The van der Waals surface area contributed by atoms with E-state index in [0.717, 1.165) is 11.4 Å². The van der Waals surface area contributed by atoms with E-state index in [1.807, 2.05) is 0 Å². The Morgan fingerprint density at radius 1 is 0.381 bits per heavy atom. The molecule has 0 atom stereocenters. The minimum absolute atomic E-state index is 0.413. The number of fused-ring (bicyclic) bond motifs is 4. The van der Waals surface area contributed by atoms with E-state index < -0.39 is 5.41 Å². The van der Waals surface area contributed by atoms with E-state index in [1.165, 1.54) is 55.3 Å². The number of para-hydroxylation sites is 1. The van der Waals surface area contributed by atoms with Crippen LogP contribution in [0.5, 0.6) is 0 Å². The monoisotopic (exact) mass is 535 g/mol. The van der Waals surface area contributed by atoms with Crippen molar-refractivity contribution < 1.29 is 0 Å². The summed E-state index contributed by atoms with van der Waals surface area (Å²) in [5, 5.41) is 6.40. The van der Waals surface area contributed by atoms with E-state index in [9.17, 15) is 0 Å². The molecule has 7 aromatic carbocycles. The molecule has 0 saturated carbocycles. The van der Waals surface area contributed by atoms with Crippen LogP contribution in [0.2, 0.25) is 0 Å². The van der Waals surface area contributed by atoms with Crippen molar-refractivity contribution in [3.63, 3.8) is 0 Å². The molecule has 0 saturated heterocycles. The lowest BCUT2D eigenvalue weighted by Crippen LogP contribution is -2.28. The number of benzene rings is 7. The van der Waals surface area contributed by atoms with Gasteiger partial charge in [0.1, 0.15) is 0 Å². The van der Waals surface area contributed by atoms with Gasteiger partial charge >= 0.3 is 0 Å². The minimum Gasteiger partial charge on any atom is -0.355 e. The summed E-state index contributed by atoms with van der Waals surface area (Å²) in [6.07, 6.45) is 0. The van der Waals surface area contributed by atoms with E-state index in [0.29, 0.717) is 0 Å². The summed E-state index contributed by atoms with van der Waals surface area (Å²) >= 11 is 0. The lowest BCUT2D eigenvalue weighted by atomic mass is 9.68. The predicted octanol–water partition coefficient (Wildman–Crippen LogP) is 10.6. The molecular formula is C41H29N. The molecule has 1 heteroatoms. The van der Waals surface area contributed by atoms with Gasteiger partial charge in [-0.15, -0.1) is 0 Å². The third kappa shape index (κ3) is 3.71. The summed E-state index contributed by atoms with van der Waals surface area (Å²) < 4.78 is 0. The Bertz CT molecular complexity index is 2020. The van der Waals surface area contributed by atoms with E-state index in [-0.39, 0.29) is 0 Å². The number of hydrogen-bond donors (Lipinski definition) is 1. The van der Waals surface area contributed by atoms with Gasteiger partial charge in [-0.2, -0.15) is 0 Å². The Balaban J connectivity index is 1.34. The fraction of sp³-hybridized carbons (Fsp3) is 0.0244. The second-order valence-electron chi connectivity index (χ2n) is 11.0. The van der Waals surface area contributed by atoms with Crippen molar-refractivity contribution in [2.24, 2.45) is 0 Å². The lowest BCUT2D eigenvalue weighted by Gasteiger charge is -2.34. The molecule has 7 aromatic rings. The van der Waals surface area contributed by atoms with E-state index in [2.05, 4.69) is 175 Å². The van der Waals surface area contributed by atoms with Gasteiger partial charge in [0, 0.05) is 22.5 Å². The Hall–Kier alpha value is -5.40. The first-order chi connectivity index (χ1) is 20.8. The highest BCUT2D eigenvalue weighted by Crippen LogP contribution is 2.58. The zero-order valence-corrected chi connectivity index (χ0v) is 23.2. The molecule has 198 valence electrons. The fourth-order valence-corrected chi connectivity index (χ4v) is 6.94. The maximum atomic E-state index is 3.90. The predicted molar refractivity (Wildman–Crippen MR) is 176 cm³/mol. The molecule has 0 unspecified atom stereocenters. The zero-order chi connectivity index (χ0) is 27.9. The van der Waals surface area contributed by atoms with Crippen molar-refractivity contribution in [1.82, 2.24) is 0 Å². The molecule has 42 heavy (non-hydrogen) atoms. The summed E-state index contributed by atoms with van der Waals surface area (Å²) in [5.74, 6) is 0. The Kier molecular flexibility index (Phi) is 5.75. The summed E-state index contributed by atoms with van der Waals surface area (Å²) in [7, 11) is 0. The maximum absolute atomic E-state index is 3.90. The fourth-order valence-electron chi connectivity index (χ4n) is 6.94. The van der Waals surface area contributed by atoms with Crippen molar-refractivity contribution in [1.29, 1.82) is 0 Å². The molecule has 0 fully saturated rings. The molecule has 1 aliphatic rings. The molecule has 0 amide bonds. The van der Waals surface area contributed by atoms with Crippen LogP contribution in [0.1, 0.15) is 22.3 Å². The van der Waals surface area contributed by atoms with Crippen molar-refractivity contribution in [3.05, 3.63) is 192 Å². The maximum Gasteiger partial charge on any atom is 0.0714 e. The van der Waals surface area contributed by atoms with Gasteiger partial charge in [-0.1, -0.05) is 152 Å². The van der Waals surface area contributed by atoms with E-state index >= 15 is 0 Å². The van der Waals surface area contributed by atoms with Crippen molar-refractivity contribution in [2.45, 2.75) is 5.41 Å². The third-order valence-corrected chi connectivity index (χ3v) is 8.74. The quantitative estimate of drug-likeness (QED) is 0.231. The van der Waals surface area contributed by atoms with Crippen molar-refractivity contribution in [2.75, 3.05) is 5.32 Å². The zero-order valence-electron chi connectivity index (χ0n) is 23.2. The van der Waals surface area contributed by atoms with Crippen LogP contribution in [-0.4, -0.2) is 0 Å². The number of anilines is 2. The molecule has 0 bridgehead atoms. The normalized spacial score (nSPS) is 13.0. The first-order valence-corrected chi connectivity index (χ1v) is 14.5. The van der Waals surface area contributed by atoms with Crippen LogP contribution in [0.15, 0.2) is 170 Å². The van der Waals surface area contributed by atoms with Crippen LogP contribution in [0.4, 0.5) is 11.4 Å². The Labute approximate surface area is 246 Å². The van der Waals surface area contributed by atoms with Crippen LogP contribution in [0.3, 0.4) is 0 Å². The second-order valence-corrected chi connectivity index (χ2v) is 11.0. The van der Waals surface area contributed by atoms with Gasteiger partial charge < -0.3 is 5.32 Å². The van der Waals surface area contributed by atoms with Crippen molar-refractivity contribution >= 4 is 22.1 Å². The lowest BCUT2D eigenvalue weighted by molar-refractivity contribution is 0.768. The molecule has 8 rings (SSSR count). The van der Waals surface area contributed by atoms with Gasteiger partial charge in [0.05, 0.1) is 5.41 Å². The van der Waals surface area contributed by atoms with Gasteiger partial charge in [-0.25, -0.2) is 0 Å². The topological polar surface area (TPSA) is 12.0 Å². The SMILES string of the molecule is c1ccc(C2(c3ccccc3)c3ccccc3-c3c(Nc4ccccc4-c4ccc5ccccc5c4)cccc32)cc1. The number of nitrogens with one attached hydrogen (secondary N) is 1. The molecule has 0 aliphatic heterocycles. The first-order valence-electron chi connectivity index (χ1n) is 14.5. The van der Waals surface area contributed by atoms with Crippen LogP contribution < -0.4 is 5.32 Å². The van der Waals surface area contributed by atoms with Crippen LogP contribution in [0, 0.1) is 0 Å². The van der Waals surface area contributed by atoms with Gasteiger partial charge in [0.15, 0.2) is 0 Å². The summed E-state index contributed by atoms with van der Waals surface area (Å²) in [6, 6.07) is 61.5. The highest BCUT2D eigenvalue weighted by atomic mass is 14.9. The Morgan fingerprint density at radius 3 is 1.71 bits per heavy atom. The van der Waals surface area contributed by atoms with Crippen molar-refractivity contribution in [3.8, 4) is 22.3 Å². The second kappa shape index (κ2) is 9.90. The molecule has 1 nitrogen and oxygen atoms in total. The number of rotatable bonds is 5. The summed E-state index contributed by atoms with van der Waals surface area (Å²) in [4.78, 5) is 0. The van der Waals surface area contributed by atoms with Gasteiger partial charge in [-0.3, -0.25) is 0 Å². The molecular weight excluding hydrogens is 506 g/mol. The van der Waals surface area contributed by atoms with Gasteiger partial charge in [0.25, 0.3) is 0 Å². The molecule has 1 N–H and O–H groups in total. The average Bonchev–Trinajstić information content (AvgIpc) is 3.37. The molecule has 0 radical (unpaired) electrons. The number of hydrogen-bond acceptors (Lipinski definition) is 1.